The highest BCUT2D eigenvalue weighted by molar-refractivity contribution is 7.89. The number of ether oxygens (including phenoxy) is 1. The molecule has 0 unspecified atom stereocenters. The number of benzene rings is 4. The van der Waals surface area contributed by atoms with Gasteiger partial charge in [-0.15, -0.1) is 0 Å². The van der Waals surface area contributed by atoms with Crippen molar-refractivity contribution in [3.63, 3.8) is 0 Å². The zero-order chi connectivity index (χ0) is 23.8. The highest BCUT2D eigenvalue weighted by Crippen LogP contribution is 2.33. The second-order valence-corrected chi connectivity index (χ2v) is 9.02. The fourth-order valence-corrected chi connectivity index (χ4v) is 4.21. The summed E-state index contributed by atoms with van der Waals surface area (Å²) in [6.07, 6.45) is 1.48. The molecule has 6 nitrogen and oxygen atoms in total. The zero-order valence-corrected chi connectivity index (χ0v) is 19.5. The summed E-state index contributed by atoms with van der Waals surface area (Å²) in [6.45, 7) is 2.39. The lowest BCUT2D eigenvalue weighted by Crippen LogP contribution is -2.18. The number of rotatable bonds is 9. The highest BCUT2D eigenvalue weighted by atomic mass is 32.2. The van der Waals surface area contributed by atoms with E-state index in [4.69, 9.17) is 4.74 Å². The SMILES string of the molecule is CCOc1ccc(S(=O)(=O)N/N=C/c2ccc(N(c3ccccc3)c3ccccc3)cc2)cc1. The summed E-state index contributed by atoms with van der Waals surface area (Å²) in [5, 5.41) is 3.93. The van der Waals surface area contributed by atoms with Crippen molar-refractivity contribution in [2.75, 3.05) is 11.5 Å². The molecule has 0 bridgehead atoms. The summed E-state index contributed by atoms with van der Waals surface area (Å²) in [5.74, 6) is 0.616. The molecule has 1 N–H and O–H groups in total. The van der Waals surface area contributed by atoms with Crippen molar-refractivity contribution in [2.45, 2.75) is 11.8 Å². The van der Waals surface area contributed by atoms with Crippen molar-refractivity contribution in [1.29, 1.82) is 0 Å². The van der Waals surface area contributed by atoms with Gasteiger partial charge in [-0.1, -0.05) is 48.5 Å². The van der Waals surface area contributed by atoms with Gasteiger partial charge in [-0.3, -0.25) is 0 Å². The minimum atomic E-state index is -3.77. The maximum Gasteiger partial charge on any atom is 0.276 e. The summed E-state index contributed by atoms with van der Waals surface area (Å²) in [5.41, 5.74) is 3.82. The molecule has 0 heterocycles. The predicted octanol–water partition coefficient (Wildman–Crippen LogP) is 5.87. The first kappa shape index (κ1) is 23.1. The van der Waals surface area contributed by atoms with Gasteiger partial charge in [0.15, 0.2) is 0 Å². The molecule has 0 amide bonds. The number of nitrogens with zero attached hydrogens (tertiary/aromatic N) is 2. The number of hydrazone groups is 1. The van der Waals surface area contributed by atoms with Crippen LogP contribution in [0.15, 0.2) is 119 Å². The number of para-hydroxylation sites is 2. The average molecular weight is 472 g/mol. The van der Waals surface area contributed by atoms with E-state index < -0.39 is 10.0 Å². The van der Waals surface area contributed by atoms with E-state index in [1.54, 1.807) is 12.1 Å². The molecule has 0 aliphatic heterocycles. The minimum absolute atomic E-state index is 0.116. The molecule has 7 heteroatoms. The lowest BCUT2D eigenvalue weighted by atomic mass is 10.1. The normalized spacial score (nSPS) is 11.3. The maximum atomic E-state index is 12.5. The third-order valence-electron chi connectivity index (χ3n) is 5.01. The van der Waals surface area contributed by atoms with Gasteiger partial charge >= 0.3 is 0 Å². The van der Waals surface area contributed by atoms with E-state index in [9.17, 15) is 8.42 Å². The van der Waals surface area contributed by atoms with Gasteiger partial charge in [0.1, 0.15) is 5.75 Å². The summed E-state index contributed by atoms with van der Waals surface area (Å²) >= 11 is 0. The lowest BCUT2D eigenvalue weighted by molar-refractivity contribution is 0.340. The third-order valence-corrected chi connectivity index (χ3v) is 6.25. The zero-order valence-electron chi connectivity index (χ0n) is 18.7. The van der Waals surface area contributed by atoms with Crippen LogP contribution in [0, 0.1) is 0 Å². The highest BCUT2D eigenvalue weighted by Gasteiger charge is 2.13. The van der Waals surface area contributed by atoms with Gasteiger partial charge < -0.3 is 9.64 Å². The summed E-state index contributed by atoms with van der Waals surface area (Å²) < 4.78 is 30.3. The molecular weight excluding hydrogens is 446 g/mol. The first-order valence-corrected chi connectivity index (χ1v) is 12.3. The standard InChI is InChI=1S/C27H25N3O3S/c1-2-33-26-17-19-27(20-18-26)34(31,32)29-28-21-22-13-15-25(16-14-22)30(23-9-5-3-6-10-23)24-11-7-4-8-12-24/h3-21,29H,2H2,1H3/b28-21+. The monoisotopic (exact) mass is 471 g/mol. The van der Waals surface area contributed by atoms with Crippen molar-refractivity contribution in [3.05, 3.63) is 115 Å². The van der Waals surface area contributed by atoms with E-state index in [0.717, 1.165) is 22.6 Å². The first-order valence-electron chi connectivity index (χ1n) is 10.8. The van der Waals surface area contributed by atoms with Crippen LogP contribution in [0.4, 0.5) is 17.1 Å². The fourth-order valence-electron chi connectivity index (χ4n) is 3.42. The molecule has 4 aromatic carbocycles. The average Bonchev–Trinajstić information content (AvgIpc) is 2.87. The number of anilines is 3. The molecule has 0 saturated carbocycles. The molecular formula is C27H25N3O3S. The molecule has 0 radical (unpaired) electrons. The minimum Gasteiger partial charge on any atom is -0.494 e. The van der Waals surface area contributed by atoms with E-state index in [1.807, 2.05) is 67.6 Å². The predicted molar refractivity (Wildman–Crippen MR) is 137 cm³/mol. The van der Waals surface area contributed by atoms with Gasteiger partial charge in [0.2, 0.25) is 0 Å². The molecule has 0 saturated heterocycles. The van der Waals surface area contributed by atoms with Gasteiger partial charge in [0.25, 0.3) is 10.0 Å². The Morgan fingerprint density at radius 2 is 1.29 bits per heavy atom. The van der Waals surface area contributed by atoms with Crippen LogP contribution in [0.1, 0.15) is 12.5 Å². The Morgan fingerprint density at radius 1 is 0.765 bits per heavy atom. The van der Waals surface area contributed by atoms with Crippen LogP contribution in [-0.4, -0.2) is 21.2 Å². The Hall–Kier alpha value is -4.10. The summed E-state index contributed by atoms with van der Waals surface area (Å²) in [6, 6.07) is 34.1. The molecule has 0 fully saturated rings. The first-order chi connectivity index (χ1) is 16.6. The van der Waals surface area contributed by atoms with Crippen LogP contribution < -0.4 is 14.5 Å². The van der Waals surface area contributed by atoms with E-state index in [1.165, 1.54) is 18.3 Å². The maximum absolute atomic E-state index is 12.5. The number of sulfonamides is 1. The Balaban J connectivity index is 1.49. The van der Waals surface area contributed by atoms with Crippen LogP contribution in [0.2, 0.25) is 0 Å². The molecule has 0 aliphatic carbocycles. The Morgan fingerprint density at radius 3 is 1.82 bits per heavy atom. The fraction of sp³-hybridized carbons (Fsp3) is 0.0741. The van der Waals surface area contributed by atoms with Crippen molar-refractivity contribution < 1.29 is 13.2 Å². The smallest absolute Gasteiger partial charge is 0.276 e. The number of nitrogens with one attached hydrogen (secondary N) is 1. The topological polar surface area (TPSA) is 71.0 Å². The van der Waals surface area contributed by atoms with Crippen LogP contribution in [0.3, 0.4) is 0 Å². The number of hydrogen-bond donors (Lipinski definition) is 1. The molecule has 0 aromatic heterocycles. The summed E-state index contributed by atoms with van der Waals surface area (Å²) in [4.78, 5) is 4.52. The Kier molecular flexibility index (Phi) is 7.25. The number of hydrogen-bond acceptors (Lipinski definition) is 5. The van der Waals surface area contributed by atoms with Crippen LogP contribution in [0.25, 0.3) is 0 Å². The van der Waals surface area contributed by atoms with Gasteiger partial charge in [-0.2, -0.15) is 13.5 Å². The van der Waals surface area contributed by atoms with Crippen LogP contribution >= 0.6 is 0 Å². The largest absolute Gasteiger partial charge is 0.494 e. The van der Waals surface area contributed by atoms with E-state index in [2.05, 4.69) is 39.1 Å². The van der Waals surface area contributed by atoms with E-state index in [-0.39, 0.29) is 4.90 Å². The lowest BCUT2D eigenvalue weighted by Gasteiger charge is -2.25. The third kappa shape index (κ3) is 5.63. The van der Waals surface area contributed by atoms with Crippen molar-refractivity contribution in [3.8, 4) is 5.75 Å². The Bertz CT molecular complexity index is 1280. The van der Waals surface area contributed by atoms with Crippen LogP contribution in [-0.2, 0) is 10.0 Å². The van der Waals surface area contributed by atoms with Crippen molar-refractivity contribution in [2.24, 2.45) is 5.10 Å². The van der Waals surface area contributed by atoms with Crippen molar-refractivity contribution >= 4 is 33.3 Å². The molecule has 0 spiro atoms. The molecule has 172 valence electrons. The van der Waals surface area contributed by atoms with Crippen LogP contribution in [0.5, 0.6) is 5.75 Å². The van der Waals surface area contributed by atoms with Gasteiger partial charge in [0.05, 0.1) is 17.7 Å². The molecule has 4 aromatic rings. The molecule has 0 atom stereocenters. The van der Waals surface area contributed by atoms with Gasteiger partial charge in [0, 0.05) is 17.1 Å². The Labute approximate surface area is 200 Å². The molecule has 34 heavy (non-hydrogen) atoms. The van der Waals surface area contributed by atoms with E-state index in [0.29, 0.717) is 12.4 Å². The van der Waals surface area contributed by atoms with Gasteiger partial charge in [-0.25, -0.2) is 4.83 Å². The molecule has 4 rings (SSSR count). The second kappa shape index (κ2) is 10.7. The second-order valence-electron chi connectivity index (χ2n) is 7.36. The molecule has 0 aliphatic rings. The summed E-state index contributed by atoms with van der Waals surface area (Å²) in [7, 11) is -3.77. The van der Waals surface area contributed by atoms with Gasteiger partial charge in [-0.05, 0) is 73.2 Å². The van der Waals surface area contributed by atoms with Crippen molar-refractivity contribution in [1.82, 2.24) is 4.83 Å². The quantitative estimate of drug-likeness (QED) is 0.245. The van der Waals surface area contributed by atoms with E-state index >= 15 is 0 Å².